The second-order valence-electron chi connectivity index (χ2n) is 4.53. The van der Waals surface area contributed by atoms with Crippen molar-refractivity contribution in [3.8, 4) is 0 Å². The van der Waals surface area contributed by atoms with Gasteiger partial charge in [-0.2, -0.15) is 0 Å². The molecule has 0 aromatic carbocycles. The van der Waals surface area contributed by atoms with Gasteiger partial charge in [-0.15, -0.1) is 0 Å². The third-order valence-electron chi connectivity index (χ3n) is 2.94. The van der Waals surface area contributed by atoms with E-state index in [9.17, 15) is 8.42 Å². The maximum atomic E-state index is 11.8. The zero-order valence-electron chi connectivity index (χ0n) is 9.86. The first-order valence-corrected chi connectivity index (χ1v) is 7.23. The van der Waals surface area contributed by atoms with Crippen LogP contribution in [0.25, 0.3) is 0 Å². The van der Waals surface area contributed by atoms with E-state index in [0.717, 1.165) is 19.3 Å². The van der Waals surface area contributed by atoms with Gasteiger partial charge in [-0.1, -0.05) is 20.3 Å². The molecule has 0 heterocycles. The van der Waals surface area contributed by atoms with Crippen LogP contribution in [0, 0.1) is 0 Å². The summed E-state index contributed by atoms with van der Waals surface area (Å²) in [6, 6.07) is 0.600. The van der Waals surface area contributed by atoms with Crippen molar-refractivity contribution in [1.29, 1.82) is 0 Å². The minimum atomic E-state index is -3.05. The standard InChI is InChI=1S/C10H22N2O2S/c1-9(2)11-7-8-15(13,14)12(3)10-5-4-6-10/h9-11H,4-8H2,1-3H3. The lowest BCUT2D eigenvalue weighted by molar-refractivity contribution is 0.249. The third-order valence-corrected chi connectivity index (χ3v) is 4.84. The number of hydrogen-bond donors (Lipinski definition) is 1. The van der Waals surface area contributed by atoms with Gasteiger partial charge in [0.2, 0.25) is 10.0 Å². The normalized spacial score (nSPS) is 18.5. The van der Waals surface area contributed by atoms with Gasteiger partial charge in [0.05, 0.1) is 5.75 Å². The number of nitrogens with one attached hydrogen (secondary N) is 1. The highest BCUT2D eigenvalue weighted by molar-refractivity contribution is 7.89. The van der Waals surface area contributed by atoms with Crippen molar-refractivity contribution >= 4 is 10.0 Å². The summed E-state index contributed by atoms with van der Waals surface area (Å²) in [5.41, 5.74) is 0. The van der Waals surface area contributed by atoms with Crippen LogP contribution in [-0.2, 0) is 10.0 Å². The minimum Gasteiger partial charge on any atom is -0.313 e. The van der Waals surface area contributed by atoms with Crippen LogP contribution in [0.15, 0.2) is 0 Å². The summed E-state index contributed by atoms with van der Waals surface area (Å²) in [6.07, 6.45) is 3.20. The fraction of sp³-hybridized carbons (Fsp3) is 1.00. The molecular formula is C10H22N2O2S. The fourth-order valence-electron chi connectivity index (χ4n) is 1.60. The van der Waals surface area contributed by atoms with Gasteiger partial charge in [0.15, 0.2) is 0 Å². The molecule has 15 heavy (non-hydrogen) atoms. The summed E-state index contributed by atoms with van der Waals surface area (Å²) in [5, 5.41) is 3.13. The summed E-state index contributed by atoms with van der Waals surface area (Å²) in [4.78, 5) is 0. The molecular weight excluding hydrogens is 212 g/mol. The van der Waals surface area contributed by atoms with E-state index in [1.165, 1.54) is 0 Å². The first-order chi connectivity index (χ1) is 6.93. The number of rotatable bonds is 6. The van der Waals surface area contributed by atoms with Gasteiger partial charge < -0.3 is 5.32 Å². The summed E-state index contributed by atoms with van der Waals surface area (Å²) in [6.45, 7) is 4.57. The molecule has 0 spiro atoms. The Morgan fingerprint density at radius 1 is 1.40 bits per heavy atom. The topological polar surface area (TPSA) is 49.4 Å². The first-order valence-electron chi connectivity index (χ1n) is 5.62. The second kappa shape index (κ2) is 5.27. The summed E-state index contributed by atoms with van der Waals surface area (Å²) < 4.78 is 25.2. The van der Waals surface area contributed by atoms with Crippen LogP contribution in [0.1, 0.15) is 33.1 Å². The van der Waals surface area contributed by atoms with E-state index in [0.29, 0.717) is 12.6 Å². The maximum Gasteiger partial charge on any atom is 0.215 e. The molecule has 1 rings (SSSR count). The Morgan fingerprint density at radius 3 is 2.40 bits per heavy atom. The minimum absolute atomic E-state index is 0.207. The van der Waals surface area contributed by atoms with Crippen molar-refractivity contribution in [2.75, 3.05) is 19.3 Å². The van der Waals surface area contributed by atoms with Crippen LogP contribution in [0.4, 0.5) is 0 Å². The van der Waals surface area contributed by atoms with Crippen LogP contribution >= 0.6 is 0 Å². The van der Waals surface area contributed by atoms with Gasteiger partial charge in [0.1, 0.15) is 0 Å². The quantitative estimate of drug-likeness (QED) is 0.739. The maximum absolute atomic E-state index is 11.8. The van der Waals surface area contributed by atoms with Crippen molar-refractivity contribution in [2.45, 2.75) is 45.2 Å². The van der Waals surface area contributed by atoms with Gasteiger partial charge in [-0.05, 0) is 12.8 Å². The van der Waals surface area contributed by atoms with Crippen molar-refractivity contribution in [3.63, 3.8) is 0 Å². The predicted octanol–water partition coefficient (Wildman–Crippen LogP) is 0.798. The zero-order chi connectivity index (χ0) is 11.5. The molecule has 1 N–H and O–H groups in total. The highest BCUT2D eigenvalue weighted by Gasteiger charge is 2.29. The molecule has 0 aliphatic heterocycles. The Kier molecular flexibility index (Phi) is 4.55. The monoisotopic (exact) mass is 234 g/mol. The molecule has 0 aromatic rings. The van der Waals surface area contributed by atoms with E-state index in [-0.39, 0.29) is 11.8 Å². The zero-order valence-corrected chi connectivity index (χ0v) is 10.7. The average Bonchev–Trinajstić information content (AvgIpc) is 1.99. The van der Waals surface area contributed by atoms with Gasteiger partial charge in [0.25, 0.3) is 0 Å². The fourth-order valence-corrected chi connectivity index (χ4v) is 2.93. The molecule has 0 saturated heterocycles. The van der Waals surface area contributed by atoms with Gasteiger partial charge in [-0.25, -0.2) is 12.7 Å². The van der Waals surface area contributed by atoms with Crippen molar-refractivity contribution in [3.05, 3.63) is 0 Å². The van der Waals surface area contributed by atoms with E-state index >= 15 is 0 Å². The molecule has 1 fully saturated rings. The van der Waals surface area contributed by atoms with E-state index in [4.69, 9.17) is 0 Å². The summed E-state index contributed by atoms with van der Waals surface area (Å²) >= 11 is 0. The highest BCUT2D eigenvalue weighted by Crippen LogP contribution is 2.25. The number of sulfonamides is 1. The average molecular weight is 234 g/mol. The molecule has 5 heteroatoms. The molecule has 1 aliphatic carbocycles. The largest absolute Gasteiger partial charge is 0.313 e. The molecule has 0 amide bonds. The first kappa shape index (κ1) is 12.9. The lowest BCUT2D eigenvalue weighted by atomic mass is 9.94. The van der Waals surface area contributed by atoms with E-state index < -0.39 is 10.0 Å². The van der Waals surface area contributed by atoms with Crippen LogP contribution in [-0.4, -0.2) is 44.2 Å². The molecule has 0 bridgehead atoms. The number of hydrogen-bond acceptors (Lipinski definition) is 3. The van der Waals surface area contributed by atoms with Crippen LogP contribution < -0.4 is 5.32 Å². The SMILES string of the molecule is CC(C)NCCS(=O)(=O)N(C)C1CCC1. The molecule has 90 valence electrons. The summed E-state index contributed by atoms with van der Waals surface area (Å²) in [7, 11) is -1.34. The third kappa shape index (κ3) is 3.74. The van der Waals surface area contributed by atoms with E-state index in [2.05, 4.69) is 5.32 Å². The molecule has 0 aromatic heterocycles. The molecule has 1 saturated carbocycles. The van der Waals surface area contributed by atoms with E-state index in [1.807, 2.05) is 13.8 Å². The van der Waals surface area contributed by atoms with Crippen LogP contribution in [0.5, 0.6) is 0 Å². The molecule has 0 unspecified atom stereocenters. The highest BCUT2D eigenvalue weighted by atomic mass is 32.2. The van der Waals surface area contributed by atoms with Crippen molar-refractivity contribution < 1.29 is 8.42 Å². The Balaban J connectivity index is 2.36. The smallest absolute Gasteiger partial charge is 0.215 e. The molecule has 1 aliphatic rings. The molecule has 0 atom stereocenters. The Morgan fingerprint density at radius 2 is 2.00 bits per heavy atom. The molecule has 4 nitrogen and oxygen atoms in total. The predicted molar refractivity (Wildman–Crippen MR) is 62.3 cm³/mol. The number of nitrogens with zero attached hydrogens (tertiary/aromatic N) is 1. The second-order valence-corrected chi connectivity index (χ2v) is 6.67. The molecule has 0 radical (unpaired) electrons. The van der Waals surface area contributed by atoms with E-state index in [1.54, 1.807) is 11.4 Å². The van der Waals surface area contributed by atoms with Gasteiger partial charge in [-0.3, -0.25) is 0 Å². The Labute approximate surface area is 93.1 Å². The Hall–Kier alpha value is -0.130. The van der Waals surface area contributed by atoms with Crippen LogP contribution in [0.3, 0.4) is 0 Å². The lowest BCUT2D eigenvalue weighted by Gasteiger charge is -2.33. The Bertz CT molecular complexity index is 284. The van der Waals surface area contributed by atoms with Crippen molar-refractivity contribution in [2.24, 2.45) is 0 Å². The van der Waals surface area contributed by atoms with Gasteiger partial charge in [0, 0.05) is 25.7 Å². The lowest BCUT2D eigenvalue weighted by Crippen LogP contribution is -2.44. The van der Waals surface area contributed by atoms with Gasteiger partial charge >= 0.3 is 0 Å². The van der Waals surface area contributed by atoms with Crippen molar-refractivity contribution in [1.82, 2.24) is 9.62 Å². The van der Waals surface area contributed by atoms with Crippen LogP contribution in [0.2, 0.25) is 0 Å². The summed E-state index contributed by atoms with van der Waals surface area (Å²) in [5.74, 6) is 0.207.